The first kappa shape index (κ1) is 18.3. The van der Waals surface area contributed by atoms with Crippen LogP contribution in [0.25, 0.3) is 0 Å². The van der Waals surface area contributed by atoms with Gasteiger partial charge < -0.3 is 5.32 Å². The molecule has 1 N–H and O–H groups in total. The molecule has 0 radical (unpaired) electrons. The van der Waals surface area contributed by atoms with Gasteiger partial charge in [0, 0.05) is 10.9 Å². The van der Waals surface area contributed by atoms with Crippen molar-refractivity contribution in [2.24, 2.45) is 0 Å². The summed E-state index contributed by atoms with van der Waals surface area (Å²) in [6.07, 6.45) is 22.6. The van der Waals surface area contributed by atoms with Crippen molar-refractivity contribution < 1.29 is 4.79 Å². The molecule has 0 unspecified atom stereocenters. The van der Waals surface area contributed by atoms with E-state index in [-0.39, 0.29) is 5.24 Å². The molecule has 3 heteroatoms. The van der Waals surface area contributed by atoms with E-state index in [4.69, 9.17) is 0 Å². The number of carbonyl (C=O) groups excluding carboxylic acids is 1. The SMILES string of the molecule is C=C\C=C/C=C\C=C/C(=C\C=C)SC(=O)NC1CCCCC1. The first-order chi connectivity index (χ1) is 10.8. The van der Waals surface area contributed by atoms with Gasteiger partial charge in [-0.2, -0.15) is 0 Å². The minimum atomic E-state index is 0.0141. The van der Waals surface area contributed by atoms with E-state index in [1.54, 1.807) is 12.2 Å². The number of carbonyl (C=O) groups is 1. The average molecular weight is 315 g/mol. The Morgan fingerprint density at radius 2 is 1.64 bits per heavy atom. The molecule has 1 aliphatic carbocycles. The highest BCUT2D eigenvalue weighted by atomic mass is 32.2. The van der Waals surface area contributed by atoms with Crippen LogP contribution in [0.1, 0.15) is 32.1 Å². The van der Waals surface area contributed by atoms with Crippen LogP contribution in [0.5, 0.6) is 0 Å². The van der Waals surface area contributed by atoms with Crippen LogP contribution in [0.4, 0.5) is 4.79 Å². The van der Waals surface area contributed by atoms with Crippen LogP contribution in [-0.2, 0) is 0 Å². The van der Waals surface area contributed by atoms with Gasteiger partial charge in [0.05, 0.1) is 0 Å². The summed E-state index contributed by atoms with van der Waals surface area (Å²) in [5, 5.41) is 3.11. The Labute approximate surface area is 138 Å². The fraction of sp³-hybridized carbons (Fsp3) is 0.316. The molecule has 1 rings (SSSR count). The monoisotopic (exact) mass is 315 g/mol. The molecular formula is C19H25NOS. The smallest absolute Gasteiger partial charge is 0.284 e. The predicted octanol–water partition coefficient (Wildman–Crippen LogP) is 5.69. The van der Waals surface area contributed by atoms with Crippen molar-refractivity contribution in [3.8, 4) is 0 Å². The Kier molecular flexibility index (Phi) is 9.88. The third kappa shape index (κ3) is 8.53. The maximum Gasteiger partial charge on any atom is 0.284 e. The Bertz CT molecular complexity index is 480. The molecule has 0 bridgehead atoms. The summed E-state index contributed by atoms with van der Waals surface area (Å²) in [6.45, 7) is 7.30. The number of nitrogens with one attached hydrogen (secondary N) is 1. The zero-order valence-electron chi connectivity index (χ0n) is 13.0. The van der Waals surface area contributed by atoms with Gasteiger partial charge in [-0.25, -0.2) is 0 Å². The van der Waals surface area contributed by atoms with E-state index in [0.717, 1.165) is 17.7 Å². The highest BCUT2D eigenvalue weighted by Gasteiger charge is 2.16. The molecule has 1 saturated carbocycles. The van der Waals surface area contributed by atoms with Gasteiger partial charge in [0.15, 0.2) is 0 Å². The molecule has 118 valence electrons. The standard InChI is InChI=1S/C19H25NOS/c1-3-5-6-7-8-12-16-18(13-4-2)22-19(21)20-17-14-10-9-11-15-17/h3-8,12-13,16-17H,1-2,9-11,14-15H2,(H,20,21)/b6-5-,8-7-,16-12-,18-13+. The normalized spacial score (nSPS) is 17.4. The van der Waals surface area contributed by atoms with Gasteiger partial charge in [0.1, 0.15) is 0 Å². The van der Waals surface area contributed by atoms with E-state index in [9.17, 15) is 4.79 Å². The van der Waals surface area contributed by atoms with E-state index >= 15 is 0 Å². The van der Waals surface area contributed by atoms with Crippen LogP contribution in [0.2, 0.25) is 0 Å². The van der Waals surface area contributed by atoms with Crippen LogP contribution in [0.15, 0.2) is 72.7 Å². The van der Waals surface area contributed by atoms with Crippen molar-refractivity contribution in [3.63, 3.8) is 0 Å². The maximum absolute atomic E-state index is 12.1. The number of thioether (sulfide) groups is 1. The summed E-state index contributed by atoms with van der Waals surface area (Å²) in [5.41, 5.74) is 0. The second-order valence-corrected chi connectivity index (χ2v) is 6.08. The topological polar surface area (TPSA) is 29.1 Å². The molecule has 22 heavy (non-hydrogen) atoms. The second kappa shape index (κ2) is 11.9. The van der Waals surface area contributed by atoms with Crippen molar-refractivity contribution in [2.75, 3.05) is 0 Å². The molecule has 1 amide bonds. The van der Waals surface area contributed by atoms with Crippen molar-refractivity contribution in [1.29, 1.82) is 0 Å². The van der Waals surface area contributed by atoms with Crippen LogP contribution in [-0.4, -0.2) is 11.3 Å². The summed E-state index contributed by atoms with van der Waals surface area (Å²) in [4.78, 5) is 12.9. The summed E-state index contributed by atoms with van der Waals surface area (Å²) in [5.74, 6) is 0. The first-order valence-corrected chi connectivity index (χ1v) is 8.51. The van der Waals surface area contributed by atoms with Gasteiger partial charge >= 0.3 is 0 Å². The molecule has 1 fully saturated rings. The summed E-state index contributed by atoms with van der Waals surface area (Å²) in [6, 6.07) is 0.339. The first-order valence-electron chi connectivity index (χ1n) is 7.69. The quantitative estimate of drug-likeness (QED) is 0.612. The van der Waals surface area contributed by atoms with E-state index in [2.05, 4.69) is 18.5 Å². The Balaban J connectivity index is 2.47. The van der Waals surface area contributed by atoms with Crippen LogP contribution in [0.3, 0.4) is 0 Å². The highest BCUT2D eigenvalue weighted by Crippen LogP contribution is 2.22. The largest absolute Gasteiger partial charge is 0.344 e. The molecule has 0 aromatic rings. The van der Waals surface area contributed by atoms with Crippen LogP contribution in [0, 0.1) is 0 Å². The van der Waals surface area contributed by atoms with Gasteiger partial charge in [-0.05, 0) is 36.8 Å². The van der Waals surface area contributed by atoms with Crippen molar-refractivity contribution in [1.82, 2.24) is 5.32 Å². The highest BCUT2D eigenvalue weighted by molar-refractivity contribution is 8.17. The Morgan fingerprint density at radius 1 is 0.955 bits per heavy atom. The molecule has 0 saturated heterocycles. The van der Waals surface area contributed by atoms with E-state index in [1.807, 2.05) is 42.5 Å². The third-order valence-electron chi connectivity index (χ3n) is 3.26. The van der Waals surface area contributed by atoms with E-state index in [1.165, 1.54) is 31.0 Å². The second-order valence-electron chi connectivity index (χ2n) is 5.04. The molecule has 0 aromatic carbocycles. The van der Waals surface area contributed by atoms with Gasteiger partial charge in [-0.3, -0.25) is 4.79 Å². The third-order valence-corrected chi connectivity index (χ3v) is 4.07. The number of amides is 1. The van der Waals surface area contributed by atoms with Gasteiger partial charge in [0.2, 0.25) is 0 Å². The summed E-state index contributed by atoms with van der Waals surface area (Å²) < 4.78 is 0. The fourth-order valence-corrected chi connectivity index (χ4v) is 2.96. The van der Waals surface area contributed by atoms with Crippen molar-refractivity contribution >= 4 is 17.0 Å². The van der Waals surface area contributed by atoms with Crippen LogP contribution < -0.4 is 5.32 Å². The van der Waals surface area contributed by atoms with Crippen molar-refractivity contribution in [3.05, 3.63) is 72.7 Å². The maximum atomic E-state index is 12.1. The average Bonchev–Trinajstić information content (AvgIpc) is 2.51. The lowest BCUT2D eigenvalue weighted by molar-refractivity contribution is 0.253. The minimum absolute atomic E-state index is 0.0141. The minimum Gasteiger partial charge on any atom is -0.344 e. The van der Waals surface area contributed by atoms with Gasteiger partial charge in [-0.1, -0.05) is 75.0 Å². The lowest BCUT2D eigenvalue weighted by Crippen LogP contribution is -2.33. The fourth-order valence-electron chi connectivity index (χ4n) is 2.21. The predicted molar refractivity (Wildman–Crippen MR) is 98.9 cm³/mol. The van der Waals surface area contributed by atoms with E-state index < -0.39 is 0 Å². The van der Waals surface area contributed by atoms with Gasteiger partial charge in [0.25, 0.3) is 5.24 Å². The molecule has 0 aliphatic heterocycles. The number of allylic oxidation sites excluding steroid dienone is 9. The number of hydrogen-bond acceptors (Lipinski definition) is 2. The molecule has 0 heterocycles. The number of hydrogen-bond donors (Lipinski definition) is 1. The Morgan fingerprint density at radius 3 is 2.32 bits per heavy atom. The lowest BCUT2D eigenvalue weighted by atomic mass is 9.96. The molecule has 1 aliphatic rings. The molecule has 0 aromatic heterocycles. The zero-order valence-corrected chi connectivity index (χ0v) is 13.9. The molecule has 2 nitrogen and oxygen atoms in total. The lowest BCUT2D eigenvalue weighted by Gasteiger charge is -2.22. The van der Waals surface area contributed by atoms with Crippen molar-refractivity contribution in [2.45, 2.75) is 38.1 Å². The molecular weight excluding hydrogens is 290 g/mol. The Hall–Kier alpha value is -1.74. The molecule has 0 atom stereocenters. The van der Waals surface area contributed by atoms with E-state index in [0.29, 0.717) is 6.04 Å². The summed E-state index contributed by atoms with van der Waals surface area (Å²) >= 11 is 1.22. The molecule has 0 spiro atoms. The number of rotatable bonds is 7. The van der Waals surface area contributed by atoms with Crippen LogP contribution >= 0.6 is 11.8 Å². The zero-order chi connectivity index (χ0) is 16.0. The van der Waals surface area contributed by atoms with Gasteiger partial charge in [-0.15, -0.1) is 0 Å². The summed E-state index contributed by atoms with van der Waals surface area (Å²) in [7, 11) is 0.